The molecule has 3 aliphatic rings. The summed E-state index contributed by atoms with van der Waals surface area (Å²) in [7, 11) is 0. The highest BCUT2D eigenvalue weighted by Gasteiger charge is 2.64. The van der Waals surface area contributed by atoms with Crippen LogP contribution in [0.5, 0.6) is 0 Å². The second kappa shape index (κ2) is 7.60. The molecule has 0 saturated carbocycles. The van der Waals surface area contributed by atoms with Gasteiger partial charge in [0.1, 0.15) is 11.6 Å². The fourth-order valence-corrected chi connectivity index (χ4v) is 5.92. The highest BCUT2D eigenvalue weighted by molar-refractivity contribution is 6.31. The van der Waals surface area contributed by atoms with Gasteiger partial charge >= 0.3 is 0 Å². The molecule has 0 radical (unpaired) electrons. The predicted octanol–water partition coefficient (Wildman–Crippen LogP) is 3.81. The molecule has 9 heteroatoms. The zero-order valence-electron chi connectivity index (χ0n) is 18.7. The Morgan fingerprint density at radius 1 is 0.861 bits per heavy atom. The Morgan fingerprint density at radius 2 is 1.58 bits per heavy atom. The number of aromatic nitrogens is 3. The Hall–Kier alpha value is -4.30. The van der Waals surface area contributed by atoms with Gasteiger partial charge in [-0.3, -0.25) is 14.4 Å². The Balaban J connectivity index is 1.39. The van der Waals surface area contributed by atoms with Crippen LogP contribution in [0.25, 0.3) is 17.1 Å². The van der Waals surface area contributed by atoms with Crippen LogP contribution in [0.2, 0.25) is 5.02 Å². The van der Waals surface area contributed by atoms with Gasteiger partial charge in [-0.25, -0.2) is 4.90 Å². The average molecular weight is 496 g/mol. The summed E-state index contributed by atoms with van der Waals surface area (Å²) < 4.78 is 1.25. The lowest BCUT2D eigenvalue weighted by atomic mass is 9.88. The maximum absolute atomic E-state index is 14.2. The van der Waals surface area contributed by atoms with Crippen molar-refractivity contribution < 1.29 is 14.4 Å². The molecule has 4 heterocycles. The van der Waals surface area contributed by atoms with Crippen molar-refractivity contribution in [1.29, 1.82) is 0 Å². The summed E-state index contributed by atoms with van der Waals surface area (Å²) >= 11 is 6.03. The molecular formula is C27H18ClN5O3. The van der Waals surface area contributed by atoms with Gasteiger partial charge in [0.25, 0.3) is 5.91 Å². The van der Waals surface area contributed by atoms with Crippen molar-refractivity contribution in [3.63, 3.8) is 0 Å². The van der Waals surface area contributed by atoms with Crippen molar-refractivity contribution in [2.45, 2.75) is 12.1 Å². The van der Waals surface area contributed by atoms with E-state index < -0.39 is 35.7 Å². The van der Waals surface area contributed by atoms with E-state index in [1.54, 1.807) is 42.5 Å². The molecule has 2 fully saturated rings. The van der Waals surface area contributed by atoms with Gasteiger partial charge in [0.15, 0.2) is 0 Å². The van der Waals surface area contributed by atoms with Crippen LogP contribution in [0.3, 0.4) is 0 Å². The Kier molecular flexibility index (Phi) is 4.44. The number of hydrogen-bond donors (Lipinski definition) is 0. The van der Waals surface area contributed by atoms with Crippen molar-refractivity contribution in [3.8, 4) is 0 Å². The minimum atomic E-state index is -0.940. The molecule has 3 aromatic carbocycles. The first-order chi connectivity index (χ1) is 17.5. The van der Waals surface area contributed by atoms with Crippen molar-refractivity contribution >= 4 is 57.8 Å². The van der Waals surface area contributed by atoms with Crippen molar-refractivity contribution in [1.82, 2.24) is 15.0 Å². The minimum Gasteiger partial charge on any atom is -0.351 e. The van der Waals surface area contributed by atoms with Gasteiger partial charge in [0, 0.05) is 10.7 Å². The van der Waals surface area contributed by atoms with E-state index in [0.717, 1.165) is 11.3 Å². The first-order valence-electron chi connectivity index (χ1n) is 11.6. The van der Waals surface area contributed by atoms with Gasteiger partial charge in [-0.2, -0.15) is 4.68 Å². The second-order valence-electron chi connectivity index (χ2n) is 9.13. The topological polar surface area (TPSA) is 88.4 Å². The Morgan fingerprint density at radius 3 is 2.42 bits per heavy atom. The molecule has 3 aliphatic heterocycles. The number of fused-ring (bicyclic) bond motifs is 6. The summed E-state index contributed by atoms with van der Waals surface area (Å²) in [4.78, 5) is 45.0. The van der Waals surface area contributed by atoms with Crippen LogP contribution in [0.15, 0.2) is 78.9 Å². The molecule has 176 valence electrons. The monoisotopic (exact) mass is 495 g/mol. The van der Waals surface area contributed by atoms with Crippen LogP contribution in [0.4, 0.5) is 11.4 Å². The van der Waals surface area contributed by atoms with E-state index in [0.29, 0.717) is 21.7 Å². The minimum absolute atomic E-state index is 0.329. The van der Waals surface area contributed by atoms with Gasteiger partial charge in [0.05, 0.1) is 29.1 Å². The molecule has 36 heavy (non-hydrogen) atoms. The molecule has 2 saturated heterocycles. The molecule has 4 aromatic rings. The van der Waals surface area contributed by atoms with Gasteiger partial charge < -0.3 is 4.90 Å². The van der Waals surface area contributed by atoms with Gasteiger partial charge in [-0.1, -0.05) is 59.3 Å². The van der Waals surface area contributed by atoms with Crippen molar-refractivity contribution in [2.24, 2.45) is 11.8 Å². The van der Waals surface area contributed by atoms with Crippen LogP contribution >= 0.6 is 11.6 Å². The van der Waals surface area contributed by atoms with E-state index >= 15 is 0 Å². The zero-order chi connectivity index (χ0) is 24.6. The van der Waals surface area contributed by atoms with Crippen LogP contribution in [-0.4, -0.2) is 44.8 Å². The van der Waals surface area contributed by atoms with Crippen molar-refractivity contribution in [3.05, 3.63) is 89.5 Å². The summed E-state index contributed by atoms with van der Waals surface area (Å²) in [6.07, 6.45) is 3.87. The lowest BCUT2D eigenvalue weighted by Gasteiger charge is -2.36. The quantitative estimate of drug-likeness (QED) is 0.393. The van der Waals surface area contributed by atoms with E-state index in [1.807, 2.05) is 47.4 Å². The van der Waals surface area contributed by atoms with Gasteiger partial charge in [-0.05, 0) is 48.0 Å². The number of halogens is 1. The number of carbonyl (C=O) groups is 3. The Bertz CT molecular complexity index is 1610. The molecule has 7 rings (SSSR count). The first-order valence-corrected chi connectivity index (χ1v) is 12.0. The van der Waals surface area contributed by atoms with E-state index in [2.05, 4.69) is 10.3 Å². The third-order valence-electron chi connectivity index (χ3n) is 7.31. The largest absolute Gasteiger partial charge is 0.351 e. The molecule has 0 bridgehead atoms. The SMILES string of the molecule is O=C1[C@@H]2[C@H](C(=O)N1c1ccc(Cl)cc1)[C@@H](C(=O)n1nnc3ccccc31)N1c3ccccc3C=C[C@@H]21. The second-order valence-corrected chi connectivity index (χ2v) is 9.57. The molecule has 4 atom stereocenters. The fourth-order valence-electron chi connectivity index (χ4n) is 5.80. The smallest absolute Gasteiger partial charge is 0.272 e. The predicted molar refractivity (Wildman–Crippen MR) is 135 cm³/mol. The summed E-state index contributed by atoms with van der Waals surface area (Å²) in [5.74, 6) is -2.74. The lowest BCUT2D eigenvalue weighted by Crippen LogP contribution is -2.50. The molecule has 0 N–H and O–H groups in total. The lowest BCUT2D eigenvalue weighted by molar-refractivity contribution is -0.122. The zero-order valence-corrected chi connectivity index (χ0v) is 19.5. The number of carbonyl (C=O) groups excluding carboxylic acids is 3. The van der Waals surface area contributed by atoms with E-state index in [4.69, 9.17) is 11.6 Å². The summed E-state index contributed by atoms with van der Waals surface area (Å²) in [6.45, 7) is 0. The maximum Gasteiger partial charge on any atom is 0.272 e. The number of anilines is 2. The normalized spacial score (nSPS) is 24.2. The molecule has 0 unspecified atom stereocenters. The molecule has 0 spiro atoms. The maximum atomic E-state index is 14.2. The molecular weight excluding hydrogens is 478 g/mol. The molecule has 1 aromatic heterocycles. The first kappa shape index (κ1) is 21.0. The van der Waals surface area contributed by atoms with E-state index in [1.165, 1.54) is 9.58 Å². The number of amides is 2. The summed E-state index contributed by atoms with van der Waals surface area (Å²) in [6, 6.07) is 20.0. The van der Waals surface area contributed by atoms with E-state index in [9.17, 15) is 14.4 Å². The van der Waals surface area contributed by atoms with Gasteiger partial charge in [0.2, 0.25) is 11.8 Å². The fraction of sp³-hybridized carbons (Fsp3) is 0.148. The van der Waals surface area contributed by atoms with Crippen LogP contribution in [-0.2, 0) is 9.59 Å². The number of rotatable bonds is 2. The van der Waals surface area contributed by atoms with Crippen LogP contribution in [0.1, 0.15) is 10.4 Å². The van der Waals surface area contributed by atoms with Crippen LogP contribution < -0.4 is 9.80 Å². The van der Waals surface area contributed by atoms with Gasteiger partial charge in [-0.15, -0.1) is 5.10 Å². The van der Waals surface area contributed by atoms with E-state index in [-0.39, 0.29) is 5.91 Å². The highest BCUT2D eigenvalue weighted by atomic mass is 35.5. The average Bonchev–Trinajstić information content (AvgIpc) is 3.56. The molecule has 0 aliphatic carbocycles. The molecule has 2 amide bonds. The van der Waals surface area contributed by atoms with Crippen molar-refractivity contribution in [2.75, 3.05) is 9.80 Å². The Labute approximate surface area is 210 Å². The number of benzene rings is 3. The summed E-state index contributed by atoms with van der Waals surface area (Å²) in [5.41, 5.74) is 3.29. The number of hydrogen-bond acceptors (Lipinski definition) is 6. The van der Waals surface area contributed by atoms with Crippen LogP contribution in [0, 0.1) is 11.8 Å². The molecule has 8 nitrogen and oxygen atoms in total. The third-order valence-corrected chi connectivity index (χ3v) is 7.57. The summed E-state index contributed by atoms with van der Waals surface area (Å²) in [5, 5.41) is 8.76. The number of para-hydroxylation sites is 2. The number of nitrogens with zero attached hydrogens (tertiary/aromatic N) is 5. The number of imide groups is 1. The third kappa shape index (κ3) is 2.79. The highest BCUT2D eigenvalue weighted by Crippen LogP contribution is 2.49. The standard InChI is InChI=1S/C27H18ClN5O3/c28-16-10-12-17(13-11-16)31-25(34)22-21-14-9-15-5-1-3-7-19(15)32(21)24(23(22)26(31)35)27(36)33-20-8-4-2-6-18(20)29-30-33/h1-14,21-24H/t21-,22-,23-,24-/m0/s1.